The highest BCUT2D eigenvalue weighted by Gasteiger charge is 2.46. The number of carbonyl (C=O) groups excluding carboxylic acids is 2. The summed E-state index contributed by atoms with van der Waals surface area (Å²) in [5, 5.41) is 0. The number of methoxy groups -OCH3 is 1. The van der Waals surface area contributed by atoms with Gasteiger partial charge in [0.05, 0.1) is 19.1 Å². The van der Waals surface area contributed by atoms with Gasteiger partial charge >= 0.3 is 0 Å². The molecular weight excluding hydrogens is 468 g/mol. The van der Waals surface area contributed by atoms with Crippen LogP contribution in [0, 0.1) is 13.8 Å². The fraction of sp³-hybridized carbons (Fsp3) is 0.462. The second-order valence-corrected chi connectivity index (χ2v) is 11.6. The molecule has 186 valence electrons. The van der Waals surface area contributed by atoms with E-state index in [1.165, 1.54) is 17.5 Å². The van der Waals surface area contributed by atoms with Crippen LogP contribution in [0.2, 0.25) is 0 Å². The van der Waals surface area contributed by atoms with Crippen LogP contribution in [-0.2, 0) is 14.8 Å². The number of amides is 1. The standard InChI is InChI=1S/C26H30N2O6S/c1-17-6-8-20-21(29)16-26(34-25(20)18(17)2)10-13-27(14-11-26)35(31,32)23-15-19(7-9-22(23)33-3)28-12-4-5-24(28)30/h6-9,15H,4-5,10-14,16H2,1-3H3. The van der Waals surface area contributed by atoms with Crippen LogP contribution < -0.4 is 14.4 Å². The Labute approximate surface area is 205 Å². The lowest BCUT2D eigenvalue weighted by molar-refractivity contribution is -0.117. The van der Waals surface area contributed by atoms with Crippen LogP contribution in [0.25, 0.3) is 0 Å². The van der Waals surface area contributed by atoms with Gasteiger partial charge in [-0.15, -0.1) is 0 Å². The molecule has 9 heteroatoms. The molecule has 8 nitrogen and oxygen atoms in total. The van der Waals surface area contributed by atoms with Crippen molar-refractivity contribution in [3.05, 3.63) is 47.0 Å². The minimum Gasteiger partial charge on any atom is -0.495 e. The van der Waals surface area contributed by atoms with E-state index in [4.69, 9.17) is 9.47 Å². The van der Waals surface area contributed by atoms with Crippen molar-refractivity contribution in [2.45, 2.75) is 56.4 Å². The van der Waals surface area contributed by atoms with Gasteiger partial charge in [0.1, 0.15) is 22.0 Å². The van der Waals surface area contributed by atoms with Gasteiger partial charge < -0.3 is 14.4 Å². The maximum Gasteiger partial charge on any atom is 0.246 e. The summed E-state index contributed by atoms with van der Waals surface area (Å²) in [5.74, 6) is 0.894. The summed E-state index contributed by atoms with van der Waals surface area (Å²) in [6.45, 7) is 4.96. The lowest BCUT2D eigenvalue weighted by Gasteiger charge is -2.44. The zero-order valence-corrected chi connectivity index (χ0v) is 21.1. The molecule has 2 saturated heterocycles. The largest absolute Gasteiger partial charge is 0.495 e. The second kappa shape index (κ2) is 8.64. The van der Waals surface area contributed by atoms with Gasteiger partial charge in [-0.05, 0) is 55.7 Å². The first-order chi connectivity index (χ1) is 16.6. The Morgan fingerprint density at radius 3 is 2.43 bits per heavy atom. The number of Topliss-reactive ketones (excluding diaryl/α,β-unsaturated/α-hetero) is 1. The molecule has 3 aliphatic rings. The molecule has 5 rings (SSSR count). The highest BCUT2D eigenvalue weighted by atomic mass is 32.2. The Bertz CT molecular complexity index is 1310. The average Bonchev–Trinajstić information content (AvgIpc) is 3.27. The van der Waals surface area contributed by atoms with E-state index in [1.54, 1.807) is 17.0 Å². The maximum absolute atomic E-state index is 13.7. The molecule has 3 heterocycles. The molecule has 0 aliphatic carbocycles. The van der Waals surface area contributed by atoms with Crippen molar-refractivity contribution in [1.82, 2.24) is 4.31 Å². The topological polar surface area (TPSA) is 93.2 Å². The molecule has 2 fully saturated rings. The van der Waals surface area contributed by atoms with Gasteiger partial charge in [-0.1, -0.05) is 6.07 Å². The highest BCUT2D eigenvalue weighted by molar-refractivity contribution is 7.89. The van der Waals surface area contributed by atoms with E-state index in [0.717, 1.165) is 17.5 Å². The van der Waals surface area contributed by atoms with E-state index in [-0.39, 0.29) is 41.8 Å². The SMILES string of the molecule is COc1ccc(N2CCCC2=O)cc1S(=O)(=O)N1CCC2(CC1)CC(=O)c1ccc(C)c(C)c1O2. The third-order valence-electron chi connectivity index (χ3n) is 7.56. The quantitative estimate of drug-likeness (QED) is 0.639. The predicted molar refractivity (Wildman–Crippen MR) is 131 cm³/mol. The summed E-state index contributed by atoms with van der Waals surface area (Å²) in [6.07, 6.45) is 2.28. The van der Waals surface area contributed by atoms with E-state index >= 15 is 0 Å². The van der Waals surface area contributed by atoms with Crippen LogP contribution in [0.15, 0.2) is 35.2 Å². The van der Waals surface area contributed by atoms with Crippen molar-refractivity contribution in [2.24, 2.45) is 0 Å². The molecule has 0 N–H and O–H groups in total. The number of hydrogen-bond donors (Lipinski definition) is 0. The number of benzene rings is 2. The van der Waals surface area contributed by atoms with E-state index in [9.17, 15) is 18.0 Å². The lowest BCUT2D eigenvalue weighted by Crippen LogP contribution is -2.52. The first kappa shape index (κ1) is 23.8. The fourth-order valence-corrected chi connectivity index (χ4v) is 6.91. The molecule has 0 radical (unpaired) electrons. The molecule has 1 amide bonds. The summed E-state index contributed by atoms with van der Waals surface area (Å²) < 4.78 is 40.6. The number of aryl methyl sites for hydroxylation is 1. The third-order valence-corrected chi connectivity index (χ3v) is 9.48. The first-order valence-corrected chi connectivity index (χ1v) is 13.4. The number of ether oxygens (including phenoxy) is 2. The molecule has 35 heavy (non-hydrogen) atoms. The van der Waals surface area contributed by atoms with Gasteiger partial charge in [-0.2, -0.15) is 4.31 Å². The van der Waals surface area contributed by atoms with E-state index in [2.05, 4.69) is 0 Å². The summed E-state index contributed by atoms with van der Waals surface area (Å²) in [4.78, 5) is 26.8. The molecule has 3 aliphatic heterocycles. The summed E-state index contributed by atoms with van der Waals surface area (Å²) in [7, 11) is -2.45. The van der Waals surface area contributed by atoms with Crippen LogP contribution in [0.4, 0.5) is 5.69 Å². The smallest absolute Gasteiger partial charge is 0.246 e. The fourth-order valence-electron chi connectivity index (χ4n) is 5.29. The zero-order valence-electron chi connectivity index (χ0n) is 20.3. The van der Waals surface area contributed by atoms with Crippen molar-refractivity contribution >= 4 is 27.4 Å². The van der Waals surface area contributed by atoms with E-state index < -0.39 is 15.6 Å². The molecule has 2 aromatic rings. The van der Waals surface area contributed by atoms with Crippen molar-refractivity contribution in [1.29, 1.82) is 0 Å². The first-order valence-electron chi connectivity index (χ1n) is 12.0. The number of fused-ring (bicyclic) bond motifs is 1. The number of anilines is 1. The Morgan fingerprint density at radius 1 is 1.03 bits per heavy atom. The minimum atomic E-state index is -3.89. The Morgan fingerprint density at radius 2 is 1.77 bits per heavy atom. The normalized spacial score (nSPS) is 20.1. The predicted octanol–water partition coefficient (Wildman–Crippen LogP) is 3.63. The van der Waals surface area contributed by atoms with Crippen molar-refractivity contribution in [2.75, 3.05) is 31.6 Å². The van der Waals surface area contributed by atoms with Crippen LogP contribution in [-0.4, -0.2) is 56.8 Å². The van der Waals surface area contributed by atoms with Crippen LogP contribution in [0.3, 0.4) is 0 Å². The van der Waals surface area contributed by atoms with Crippen molar-refractivity contribution in [3.63, 3.8) is 0 Å². The number of ketones is 1. The van der Waals surface area contributed by atoms with E-state index in [1.807, 2.05) is 26.0 Å². The molecule has 1 spiro atoms. The number of piperidine rings is 1. The van der Waals surface area contributed by atoms with Gasteiger partial charge in [0.25, 0.3) is 0 Å². The Balaban J connectivity index is 1.40. The molecular formula is C26H30N2O6S. The third kappa shape index (κ3) is 4.00. The maximum atomic E-state index is 13.7. The number of hydrogen-bond acceptors (Lipinski definition) is 6. The second-order valence-electron chi connectivity index (χ2n) is 9.66. The molecule has 0 saturated carbocycles. The highest BCUT2D eigenvalue weighted by Crippen LogP contribution is 2.43. The van der Waals surface area contributed by atoms with E-state index in [0.29, 0.717) is 42.8 Å². The summed E-state index contributed by atoms with van der Waals surface area (Å²) in [5.41, 5.74) is 2.46. The van der Waals surface area contributed by atoms with Gasteiger partial charge in [-0.25, -0.2) is 8.42 Å². The van der Waals surface area contributed by atoms with Crippen molar-refractivity contribution < 1.29 is 27.5 Å². The van der Waals surface area contributed by atoms with Gasteiger partial charge in [0.2, 0.25) is 15.9 Å². The molecule has 0 atom stereocenters. The number of rotatable bonds is 4. The van der Waals surface area contributed by atoms with Crippen molar-refractivity contribution in [3.8, 4) is 11.5 Å². The average molecular weight is 499 g/mol. The summed E-state index contributed by atoms with van der Waals surface area (Å²) in [6, 6.07) is 8.60. The molecule has 0 aromatic heterocycles. The molecule has 2 aromatic carbocycles. The molecule has 0 unspecified atom stereocenters. The Hall–Kier alpha value is -2.91. The number of nitrogens with zero attached hydrogens (tertiary/aromatic N) is 2. The van der Waals surface area contributed by atoms with Crippen LogP contribution >= 0.6 is 0 Å². The monoisotopic (exact) mass is 498 g/mol. The lowest BCUT2D eigenvalue weighted by atomic mass is 9.82. The summed E-state index contributed by atoms with van der Waals surface area (Å²) >= 11 is 0. The molecule has 0 bridgehead atoms. The van der Waals surface area contributed by atoms with Crippen LogP contribution in [0.1, 0.15) is 53.6 Å². The zero-order chi connectivity index (χ0) is 25.0. The number of carbonyl (C=O) groups is 2. The van der Waals surface area contributed by atoms with Crippen LogP contribution in [0.5, 0.6) is 11.5 Å². The number of sulfonamides is 1. The Kier molecular flexibility index (Phi) is 5.88. The van der Waals surface area contributed by atoms with Gasteiger partial charge in [-0.3, -0.25) is 9.59 Å². The van der Waals surface area contributed by atoms with Gasteiger partial charge in [0, 0.05) is 44.6 Å². The van der Waals surface area contributed by atoms with Gasteiger partial charge in [0.15, 0.2) is 5.78 Å². The minimum absolute atomic E-state index is 0.0108.